The van der Waals surface area contributed by atoms with E-state index >= 15 is 0 Å². The molecular weight excluding hydrogens is 428 g/mol. The fourth-order valence-corrected chi connectivity index (χ4v) is 1.99. The molecule has 2 heteroatoms. The summed E-state index contributed by atoms with van der Waals surface area (Å²) >= 11 is 0. The summed E-state index contributed by atoms with van der Waals surface area (Å²) in [6, 6.07) is 34.1. The average molecular weight is 481 g/mol. The van der Waals surface area contributed by atoms with Crippen molar-refractivity contribution in [1.82, 2.24) is 0 Å². The van der Waals surface area contributed by atoms with E-state index in [1.54, 1.807) is 48.5 Å². The Balaban J connectivity index is -0.000000174. The minimum absolute atomic E-state index is 0. The summed E-state index contributed by atoms with van der Waals surface area (Å²) < 4.78 is 0. The van der Waals surface area contributed by atoms with Crippen molar-refractivity contribution >= 4 is 10.8 Å². The summed E-state index contributed by atoms with van der Waals surface area (Å²) in [6.45, 7) is 16.5. The number of rotatable bonds is 0. The van der Waals surface area contributed by atoms with Gasteiger partial charge in [-0.3, -0.25) is 0 Å². The van der Waals surface area contributed by atoms with Crippen molar-refractivity contribution in [1.29, 1.82) is 0 Å². The molecular formula is C33H52O2. The minimum atomic E-state index is 0. The standard InChI is InChI=1S/C10H8.2C6H6O.2C3H8.2C2H6.CH4/c1-2-6-10-8-4-3-7-9(10)5-1;2*7-6-4-2-1-3-5-6;2*1-3-2;2*1-2;/h1-8H;2*1-5,7H;2*3H2,1-2H3;2*1-2H3;1H4. The van der Waals surface area contributed by atoms with Crippen molar-refractivity contribution < 1.29 is 10.2 Å². The smallest absolute Gasteiger partial charge is 0.115 e. The van der Waals surface area contributed by atoms with Gasteiger partial charge in [-0.2, -0.15) is 0 Å². The second-order valence-corrected chi connectivity index (χ2v) is 6.43. The van der Waals surface area contributed by atoms with Gasteiger partial charge in [0.2, 0.25) is 0 Å². The topological polar surface area (TPSA) is 40.5 Å². The normalized spacial score (nSPS) is 7.66. The Morgan fingerprint density at radius 1 is 0.400 bits per heavy atom. The zero-order valence-electron chi connectivity index (χ0n) is 22.7. The van der Waals surface area contributed by atoms with Crippen LogP contribution in [0.15, 0.2) is 109 Å². The summed E-state index contributed by atoms with van der Waals surface area (Å²) in [7, 11) is 0. The van der Waals surface area contributed by atoms with E-state index in [4.69, 9.17) is 10.2 Å². The molecule has 0 radical (unpaired) electrons. The maximum atomic E-state index is 8.63. The van der Waals surface area contributed by atoms with Crippen molar-refractivity contribution in [2.45, 2.75) is 75.7 Å². The third kappa shape index (κ3) is 26.9. The molecule has 0 aliphatic heterocycles. The van der Waals surface area contributed by atoms with Crippen LogP contribution in [-0.4, -0.2) is 10.2 Å². The molecule has 0 unspecified atom stereocenters. The second kappa shape index (κ2) is 32.9. The van der Waals surface area contributed by atoms with E-state index in [-0.39, 0.29) is 7.43 Å². The van der Waals surface area contributed by atoms with Crippen LogP contribution in [0.1, 0.15) is 75.7 Å². The Bertz CT molecular complexity index is 754. The molecule has 35 heavy (non-hydrogen) atoms. The lowest BCUT2D eigenvalue weighted by Gasteiger charge is -1.92. The molecule has 0 atom stereocenters. The van der Waals surface area contributed by atoms with E-state index in [2.05, 4.69) is 76.2 Å². The lowest BCUT2D eigenvalue weighted by Crippen LogP contribution is -1.67. The highest BCUT2D eigenvalue weighted by Gasteiger charge is 1.85. The average Bonchev–Trinajstić information content (AvgIpc) is 2.89. The Hall–Kier alpha value is -3.26. The van der Waals surface area contributed by atoms with Crippen LogP contribution in [0.3, 0.4) is 0 Å². The number of benzene rings is 4. The van der Waals surface area contributed by atoms with Crippen LogP contribution >= 0.6 is 0 Å². The molecule has 0 aromatic heterocycles. The minimum Gasteiger partial charge on any atom is -0.508 e. The van der Waals surface area contributed by atoms with Gasteiger partial charge < -0.3 is 10.2 Å². The number of fused-ring (bicyclic) bond motifs is 1. The van der Waals surface area contributed by atoms with Gasteiger partial charge in [-0.1, -0.05) is 161 Å². The summed E-state index contributed by atoms with van der Waals surface area (Å²) in [4.78, 5) is 0. The number of hydrogen-bond donors (Lipinski definition) is 2. The van der Waals surface area contributed by atoms with Gasteiger partial charge in [-0.15, -0.1) is 0 Å². The Labute approximate surface area is 217 Å². The van der Waals surface area contributed by atoms with Crippen molar-refractivity contribution in [3.05, 3.63) is 109 Å². The first-order valence-electron chi connectivity index (χ1n) is 12.5. The van der Waals surface area contributed by atoms with Crippen molar-refractivity contribution in [3.8, 4) is 11.5 Å². The molecule has 0 bridgehead atoms. The number of aromatic hydroxyl groups is 2. The van der Waals surface area contributed by atoms with Gasteiger partial charge in [0.05, 0.1) is 0 Å². The monoisotopic (exact) mass is 480 g/mol. The number of phenolic OH excluding ortho intramolecular Hbond substituents is 2. The van der Waals surface area contributed by atoms with E-state index in [1.165, 1.54) is 23.6 Å². The van der Waals surface area contributed by atoms with Crippen LogP contribution < -0.4 is 0 Å². The molecule has 2 nitrogen and oxygen atoms in total. The number of hydrogen-bond acceptors (Lipinski definition) is 2. The van der Waals surface area contributed by atoms with Gasteiger partial charge in [0.15, 0.2) is 0 Å². The highest BCUT2D eigenvalue weighted by Crippen LogP contribution is 2.11. The molecule has 4 aromatic rings. The molecule has 4 aromatic carbocycles. The number of para-hydroxylation sites is 2. The van der Waals surface area contributed by atoms with Gasteiger partial charge in [0, 0.05) is 0 Å². The fourth-order valence-electron chi connectivity index (χ4n) is 1.99. The van der Waals surface area contributed by atoms with Gasteiger partial charge in [0.1, 0.15) is 11.5 Å². The van der Waals surface area contributed by atoms with Crippen molar-refractivity contribution in [3.63, 3.8) is 0 Å². The van der Waals surface area contributed by atoms with Crippen LogP contribution in [0.25, 0.3) is 10.8 Å². The first-order chi connectivity index (χ1) is 16.6. The molecule has 0 saturated heterocycles. The lowest BCUT2D eigenvalue weighted by molar-refractivity contribution is 0.475. The van der Waals surface area contributed by atoms with Crippen LogP contribution in [0.2, 0.25) is 0 Å². The van der Waals surface area contributed by atoms with Crippen LogP contribution in [0.5, 0.6) is 11.5 Å². The largest absolute Gasteiger partial charge is 0.508 e. The highest BCUT2D eigenvalue weighted by molar-refractivity contribution is 5.82. The summed E-state index contributed by atoms with van der Waals surface area (Å²) in [5.41, 5.74) is 0. The van der Waals surface area contributed by atoms with Crippen LogP contribution in [-0.2, 0) is 0 Å². The molecule has 0 aliphatic carbocycles. The molecule has 0 saturated carbocycles. The SMILES string of the molecule is C.CC.CC.CCC.CCC.Oc1ccccc1.Oc1ccccc1.c1ccc2ccccc2c1. The molecule has 0 aliphatic rings. The van der Waals surface area contributed by atoms with E-state index in [9.17, 15) is 0 Å². The van der Waals surface area contributed by atoms with Gasteiger partial charge in [-0.25, -0.2) is 0 Å². The Morgan fingerprint density at radius 3 is 0.714 bits per heavy atom. The van der Waals surface area contributed by atoms with E-state index in [1.807, 2.05) is 39.8 Å². The zero-order valence-corrected chi connectivity index (χ0v) is 22.7. The molecule has 0 amide bonds. The maximum Gasteiger partial charge on any atom is 0.115 e. The van der Waals surface area contributed by atoms with E-state index in [0.717, 1.165) is 0 Å². The van der Waals surface area contributed by atoms with Crippen LogP contribution in [0.4, 0.5) is 0 Å². The highest BCUT2D eigenvalue weighted by atomic mass is 16.3. The second-order valence-electron chi connectivity index (χ2n) is 6.43. The van der Waals surface area contributed by atoms with E-state index in [0.29, 0.717) is 11.5 Å². The quantitative estimate of drug-likeness (QED) is 0.263. The Morgan fingerprint density at radius 2 is 0.571 bits per heavy atom. The summed E-state index contributed by atoms with van der Waals surface area (Å²) in [6.07, 6.45) is 2.50. The first-order valence-corrected chi connectivity index (χ1v) is 12.5. The first kappa shape index (κ1) is 39.0. The molecule has 0 spiro atoms. The van der Waals surface area contributed by atoms with Gasteiger partial charge in [-0.05, 0) is 35.0 Å². The maximum absolute atomic E-state index is 8.63. The molecule has 2 N–H and O–H groups in total. The predicted octanol–water partition coefficient (Wildman–Crippen LogP) is 11.1. The summed E-state index contributed by atoms with van der Waals surface area (Å²) in [5, 5.41) is 19.9. The third-order valence-corrected chi connectivity index (χ3v) is 3.17. The fraction of sp³-hybridized carbons (Fsp3) is 0.333. The Kier molecular flexibility index (Phi) is 36.7. The summed E-state index contributed by atoms with van der Waals surface area (Å²) in [5.74, 6) is 0.644. The zero-order chi connectivity index (χ0) is 26.5. The molecule has 0 heterocycles. The third-order valence-electron chi connectivity index (χ3n) is 3.17. The predicted molar refractivity (Wildman–Crippen MR) is 162 cm³/mol. The molecule has 0 fully saturated rings. The van der Waals surface area contributed by atoms with E-state index < -0.39 is 0 Å². The number of phenols is 2. The van der Waals surface area contributed by atoms with Crippen molar-refractivity contribution in [2.75, 3.05) is 0 Å². The van der Waals surface area contributed by atoms with Crippen molar-refractivity contribution in [2.24, 2.45) is 0 Å². The van der Waals surface area contributed by atoms with Gasteiger partial charge >= 0.3 is 0 Å². The molecule has 196 valence electrons. The van der Waals surface area contributed by atoms with Gasteiger partial charge in [0.25, 0.3) is 0 Å². The molecule has 4 rings (SSSR count). The lowest BCUT2D eigenvalue weighted by atomic mass is 10.1. The van der Waals surface area contributed by atoms with Crippen LogP contribution in [0, 0.1) is 0 Å².